The number of nitrogens with zero attached hydrogens (tertiary/aromatic N) is 1. The van der Waals surface area contributed by atoms with Gasteiger partial charge >= 0.3 is 12.1 Å². The first-order valence-corrected chi connectivity index (χ1v) is 9.42. The van der Waals surface area contributed by atoms with Gasteiger partial charge in [0.05, 0.1) is 12.7 Å². The Kier molecular flexibility index (Phi) is 6.62. The van der Waals surface area contributed by atoms with Crippen LogP contribution in [-0.2, 0) is 13.0 Å². The minimum absolute atomic E-state index is 0.0445. The number of nitrogens with one attached hydrogen (secondary N) is 1. The molecule has 3 aromatic rings. The molecule has 1 amide bonds. The van der Waals surface area contributed by atoms with Crippen LogP contribution in [0.5, 0.6) is 17.2 Å². The predicted molar refractivity (Wildman–Crippen MR) is 109 cm³/mol. The maximum Gasteiger partial charge on any atom is 0.458 e. The molecule has 34 heavy (non-hydrogen) atoms. The van der Waals surface area contributed by atoms with Crippen LogP contribution >= 0.6 is 0 Å². The van der Waals surface area contributed by atoms with Gasteiger partial charge in [0.15, 0.2) is 11.5 Å². The number of ether oxygens (including phenoxy) is 2. The van der Waals surface area contributed by atoms with E-state index in [1.165, 1.54) is 23.9 Å². The van der Waals surface area contributed by atoms with Gasteiger partial charge in [-0.1, -0.05) is 6.07 Å². The molecule has 1 aromatic heterocycles. The van der Waals surface area contributed by atoms with Gasteiger partial charge < -0.3 is 19.4 Å². The molecule has 0 saturated heterocycles. The third-order valence-corrected chi connectivity index (χ3v) is 4.65. The molecule has 0 bridgehead atoms. The fourth-order valence-corrected chi connectivity index (χ4v) is 2.82. The van der Waals surface area contributed by atoms with E-state index in [4.69, 9.17) is 9.47 Å². The van der Waals surface area contributed by atoms with Crippen molar-refractivity contribution >= 4 is 11.6 Å². The van der Waals surface area contributed by atoms with Crippen molar-refractivity contribution in [3.63, 3.8) is 0 Å². The minimum atomic E-state index is -5.91. The van der Waals surface area contributed by atoms with E-state index in [0.29, 0.717) is 12.1 Å². The molecule has 6 nitrogen and oxygen atoms in total. The summed E-state index contributed by atoms with van der Waals surface area (Å²) >= 11 is 0. The topological polar surface area (TPSA) is 69.6 Å². The second kappa shape index (κ2) is 9.12. The van der Waals surface area contributed by atoms with Crippen LogP contribution in [0.4, 0.5) is 32.0 Å². The minimum Gasteiger partial charge on any atom is -0.493 e. The van der Waals surface area contributed by atoms with Crippen molar-refractivity contribution in [3.05, 3.63) is 82.0 Å². The van der Waals surface area contributed by atoms with Crippen molar-refractivity contribution in [3.8, 4) is 17.2 Å². The number of pyridine rings is 1. The van der Waals surface area contributed by atoms with E-state index in [1.807, 2.05) is 0 Å². The first-order chi connectivity index (χ1) is 15.8. The summed E-state index contributed by atoms with van der Waals surface area (Å²) in [7, 11) is 2.62. The lowest BCUT2D eigenvalue weighted by molar-refractivity contribution is -0.289. The molecule has 0 radical (unpaired) electrons. The zero-order valence-corrected chi connectivity index (χ0v) is 17.5. The first-order valence-electron chi connectivity index (χ1n) is 9.42. The van der Waals surface area contributed by atoms with Crippen LogP contribution in [0.15, 0.2) is 59.5 Å². The smallest absolute Gasteiger partial charge is 0.458 e. The average molecular weight is 486 g/mol. The van der Waals surface area contributed by atoms with E-state index in [9.17, 15) is 35.9 Å². The SMILES string of the molecule is COc1cc(F)ccc1Oc1cc(C(F)(F)C(F)(F)F)ccc1C(=O)Nc1ccn(C)c(=O)c1. The third-order valence-electron chi connectivity index (χ3n) is 4.65. The fraction of sp³-hybridized carbons (Fsp3) is 0.182. The second-order valence-corrected chi connectivity index (χ2v) is 7.00. The molecule has 0 atom stereocenters. The normalized spacial score (nSPS) is 11.8. The number of rotatable bonds is 6. The number of hydrogen-bond donors (Lipinski definition) is 1. The monoisotopic (exact) mass is 486 g/mol. The van der Waals surface area contributed by atoms with E-state index < -0.39 is 46.3 Å². The summed E-state index contributed by atoms with van der Waals surface area (Å²) in [6.45, 7) is 0. The maximum atomic E-state index is 13.9. The summed E-state index contributed by atoms with van der Waals surface area (Å²) in [5.74, 6) is -8.09. The van der Waals surface area contributed by atoms with E-state index >= 15 is 0 Å². The average Bonchev–Trinajstić information content (AvgIpc) is 2.76. The lowest BCUT2D eigenvalue weighted by atomic mass is 10.0. The van der Waals surface area contributed by atoms with E-state index in [1.54, 1.807) is 0 Å². The number of aromatic nitrogens is 1. The van der Waals surface area contributed by atoms with Gasteiger partial charge in [0, 0.05) is 36.6 Å². The summed E-state index contributed by atoms with van der Waals surface area (Å²) in [4.78, 5) is 24.6. The summed E-state index contributed by atoms with van der Waals surface area (Å²) in [5.41, 5.74) is -2.34. The maximum absolute atomic E-state index is 13.9. The Morgan fingerprint density at radius 1 is 0.941 bits per heavy atom. The Balaban J connectivity index is 2.08. The summed E-state index contributed by atoms with van der Waals surface area (Å²) in [6, 6.07) is 6.83. The zero-order valence-electron chi connectivity index (χ0n) is 17.5. The van der Waals surface area contributed by atoms with Gasteiger partial charge in [-0.25, -0.2) is 4.39 Å². The molecule has 0 fully saturated rings. The summed E-state index contributed by atoms with van der Waals surface area (Å²) in [6.07, 6.45) is -4.56. The lowest BCUT2D eigenvalue weighted by Crippen LogP contribution is -2.33. The zero-order chi connectivity index (χ0) is 25.3. The van der Waals surface area contributed by atoms with Crippen molar-refractivity contribution in [2.24, 2.45) is 7.05 Å². The number of hydrogen-bond acceptors (Lipinski definition) is 4. The molecule has 0 unspecified atom stereocenters. The Morgan fingerprint density at radius 3 is 2.26 bits per heavy atom. The molecule has 0 aliphatic rings. The molecule has 0 spiro atoms. The Morgan fingerprint density at radius 2 is 1.65 bits per heavy atom. The van der Waals surface area contributed by atoms with Gasteiger partial charge in [-0.3, -0.25) is 9.59 Å². The van der Waals surface area contributed by atoms with Crippen molar-refractivity contribution < 1.29 is 40.6 Å². The van der Waals surface area contributed by atoms with Crippen molar-refractivity contribution in [1.29, 1.82) is 0 Å². The van der Waals surface area contributed by atoms with Crippen LogP contribution in [0.2, 0.25) is 0 Å². The molecule has 12 heteroatoms. The molecule has 0 saturated carbocycles. The largest absolute Gasteiger partial charge is 0.493 e. The highest BCUT2D eigenvalue weighted by Gasteiger charge is 2.58. The highest BCUT2D eigenvalue weighted by molar-refractivity contribution is 6.06. The second-order valence-electron chi connectivity index (χ2n) is 7.00. The van der Waals surface area contributed by atoms with E-state index in [-0.39, 0.29) is 17.2 Å². The summed E-state index contributed by atoms with van der Waals surface area (Å²) in [5, 5.41) is 2.35. The number of aryl methyl sites for hydroxylation is 1. The van der Waals surface area contributed by atoms with Gasteiger partial charge in [0.2, 0.25) is 0 Å². The lowest BCUT2D eigenvalue weighted by Gasteiger charge is -2.21. The number of carbonyl (C=O) groups is 1. The molecule has 2 aromatic carbocycles. The first kappa shape index (κ1) is 24.7. The van der Waals surface area contributed by atoms with E-state index in [0.717, 1.165) is 37.4 Å². The van der Waals surface area contributed by atoms with Crippen molar-refractivity contribution in [2.75, 3.05) is 12.4 Å². The molecule has 180 valence electrons. The van der Waals surface area contributed by atoms with Gasteiger partial charge in [0.1, 0.15) is 11.6 Å². The number of benzene rings is 2. The highest BCUT2D eigenvalue weighted by atomic mass is 19.4. The van der Waals surface area contributed by atoms with Crippen molar-refractivity contribution in [1.82, 2.24) is 4.57 Å². The molecule has 0 aliphatic carbocycles. The molecule has 0 aliphatic heterocycles. The quantitative estimate of drug-likeness (QED) is 0.485. The van der Waals surface area contributed by atoms with Gasteiger partial charge in [0.25, 0.3) is 11.5 Å². The Labute approximate surface area is 188 Å². The number of anilines is 1. The number of halogens is 6. The molecule has 1 heterocycles. The van der Waals surface area contributed by atoms with Crippen LogP contribution in [-0.4, -0.2) is 23.8 Å². The third kappa shape index (κ3) is 5.00. The number of amides is 1. The van der Waals surface area contributed by atoms with Gasteiger partial charge in [-0.2, -0.15) is 22.0 Å². The van der Waals surface area contributed by atoms with Crippen LogP contribution in [0.3, 0.4) is 0 Å². The summed E-state index contributed by atoms with van der Waals surface area (Å²) < 4.78 is 91.6. The number of alkyl halides is 5. The van der Waals surface area contributed by atoms with Gasteiger partial charge in [-0.05, 0) is 30.3 Å². The molecular weight excluding hydrogens is 470 g/mol. The van der Waals surface area contributed by atoms with E-state index in [2.05, 4.69) is 5.32 Å². The predicted octanol–water partition coefficient (Wildman–Crippen LogP) is 5.23. The molecule has 3 rings (SSSR count). The van der Waals surface area contributed by atoms with Crippen molar-refractivity contribution in [2.45, 2.75) is 12.1 Å². The van der Waals surface area contributed by atoms with Crippen LogP contribution < -0.4 is 20.3 Å². The van der Waals surface area contributed by atoms with Crippen LogP contribution in [0.25, 0.3) is 0 Å². The standard InChI is InChI=1S/C22H16F6N2O4/c1-30-8-7-14(11-19(30)31)29-20(32)15-5-3-12(21(24,25)22(26,27)28)9-17(15)34-16-6-4-13(23)10-18(16)33-2/h3-11H,1-2H3,(H,29,32). The Hall–Kier alpha value is -3.96. The molecule has 1 N–H and O–H groups in total. The van der Waals surface area contributed by atoms with Gasteiger partial charge in [-0.15, -0.1) is 0 Å². The number of methoxy groups -OCH3 is 1. The van der Waals surface area contributed by atoms with Crippen LogP contribution in [0, 0.1) is 5.82 Å². The van der Waals surface area contributed by atoms with Crippen LogP contribution in [0.1, 0.15) is 15.9 Å². The fourth-order valence-electron chi connectivity index (χ4n) is 2.82. The molecular formula is C22H16F6N2O4. The Bertz CT molecular complexity index is 1290. The highest BCUT2D eigenvalue weighted by Crippen LogP contribution is 2.45. The number of carbonyl (C=O) groups excluding carboxylic acids is 1.